The van der Waals surface area contributed by atoms with Gasteiger partial charge in [-0.2, -0.15) is 5.26 Å². The number of nitrogens with one attached hydrogen (secondary N) is 5. The first kappa shape index (κ1) is 80.1. The molecule has 0 bridgehead atoms. The minimum atomic E-state index is -1.09. The van der Waals surface area contributed by atoms with Crippen molar-refractivity contribution in [2.75, 3.05) is 68.3 Å². The first-order valence-electron chi connectivity index (χ1n) is 27.4. The minimum Gasteiger partial charge on any atom is -0.497 e. The molecular formula is C60H82N8O17PdS2. The van der Waals surface area contributed by atoms with Crippen LogP contribution >= 0.6 is 24.4 Å². The van der Waals surface area contributed by atoms with Crippen molar-refractivity contribution >= 4 is 76.0 Å². The third-order valence-corrected chi connectivity index (χ3v) is 14.3. The van der Waals surface area contributed by atoms with Crippen LogP contribution in [-0.2, 0) is 78.2 Å². The Kier molecular flexibility index (Phi) is 39.8. The summed E-state index contributed by atoms with van der Waals surface area (Å²) in [5, 5.41) is 36.6. The average molecular weight is 1360 g/mol. The largest absolute Gasteiger partial charge is 0.497 e. The SMILES string of the molecule is COC(=O)C1CCNC(=O)C1.COC(=O)C1CCNC(=S)C1.COc1ccc(CCCC#N)cc1.COc1ccc(CN)cc1.COc1ccc(CN2CC3(CCNC(=S)C3)C2=O)cc1.O.O.O=C(O)c1cc[nH]c(=O)c1.O=C1CC(C(=O)O)CCN1.[Pd]. The summed E-state index contributed by atoms with van der Waals surface area (Å²) in [7, 11) is 7.71. The van der Waals surface area contributed by atoms with Gasteiger partial charge in [-0.05, 0) is 97.7 Å². The number of benzene rings is 3. The van der Waals surface area contributed by atoms with Gasteiger partial charge in [-0.15, -0.1) is 0 Å². The molecule has 3 aromatic carbocycles. The summed E-state index contributed by atoms with van der Waals surface area (Å²) in [5.41, 5.74) is 8.30. The number of hydrogen-bond donors (Lipinski definition) is 8. The zero-order valence-electron chi connectivity index (χ0n) is 49.9. The molecule has 5 aliphatic heterocycles. The van der Waals surface area contributed by atoms with E-state index in [-0.39, 0.29) is 96.7 Å². The Morgan fingerprint density at radius 2 is 1.12 bits per heavy atom. The van der Waals surface area contributed by atoms with Crippen LogP contribution in [-0.4, -0.2) is 151 Å². The first-order valence-corrected chi connectivity index (χ1v) is 28.2. The van der Waals surface area contributed by atoms with Gasteiger partial charge in [0.05, 0.1) is 80.3 Å². The number of nitrogens with two attached hydrogens (primary N) is 1. The van der Waals surface area contributed by atoms with Crippen molar-refractivity contribution in [3.05, 3.63) is 124 Å². The summed E-state index contributed by atoms with van der Waals surface area (Å²) >= 11 is 10.1. The molecule has 4 unspecified atom stereocenters. The smallest absolute Gasteiger partial charge is 0.335 e. The van der Waals surface area contributed by atoms with Gasteiger partial charge in [-0.1, -0.05) is 60.8 Å². The Balaban J connectivity index is 0.00000102. The molecule has 88 heavy (non-hydrogen) atoms. The molecule has 6 heterocycles. The number of ether oxygens (including phenoxy) is 5. The molecule has 9 rings (SSSR count). The third-order valence-electron chi connectivity index (χ3n) is 13.7. The van der Waals surface area contributed by atoms with Crippen LogP contribution in [0.3, 0.4) is 0 Å². The van der Waals surface area contributed by atoms with Crippen LogP contribution in [0.15, 0.2) is 95.9 Å². The molecule has 0 aliphatic carbocycles. The average Bonchev–Trinajstić information content (AvgIpc) is 1.22. The second-order valence-corrected chi connectivity index (χ2v) is 20.7. The number of amides is 3. The molecule has 486 valence electrons. The maximum Gasteiger partial charge on any atom is 0.335 e. The quantitative estimate of drug-likeness (QED) is 0.0311. The number of carboxylic acids is 2. The topological polar surface area (TPSA) is 403 Å². The van der Waals surface area contributed by atoms with Crippen LogP contribution in [0.5, 0.6) is 17.2 Å². The number of aromatic amines is 1. The van der Waals surface area contributed by atoms with Crippen molar-refractivity contribution in [1.82, 2.24) is 31.2 Å². The summed E-state index contributed by atoms with van der Waals surface area (Å²) in [6.07, 6.45) is 8.56. The van der Waals surface area contributed by atoms with Crippen molar-refractivity contribution in [3.8, 4) is 23.3 Å². The normalized spacial score (nSPS) is 18.2. The zero-order chi connectivity index (χ0) is 62.7. The van der Waals surface area contributed by atoms with Crippen LogP contribution < -0.4 is 46.8 Å². The molecule has 4 aromatic rings. The number of esters is 2. The first-order chi connectivity index (χ1) is 40.7. The number of aryl methyl sites for hydroxylation is 1. The van der Waals surface area contributed by atoms with E-state index in [4.69, 9.17) is 59.9 Å². The minimum absolute atomic E-state index is 0. The number of likely N-dealkylation sites (tertiary alicyclic amines) is 1. The molecule has 0 radical (unpaired) electrons. The number of aliphatic carboxylic acids is 1. The van der Waals surface area contributed by atoms with E-state index in [2.05, 4.69) is 41.8 Å². The summed E-state index contributed by atoms with van der Waals surface area (Å²) in [6.45, 7) is 4.77. The summed E-state index contributed by atoms with van der Waals surface area (Å²) in [5.74, 6) is -0.474. The van der Waals surface area contributed by atoms with Crippen LogP contribution in [0.2, 0.25) is 0 Å². The summed E-state index contributed by atoms with van der Waals surface area (Å²) in [4.78, 5) is 92.5. The maximum absolute atomic E-state index is 12.4. The van der Waals surface area contributed by atoms with E-state index in [1.54, 1.807) is 21.3 Å². The molecule has 25 nitrogen and oxygen atoms in total. The Morgan fingerprint density at radius 1 is 0.659 bits per heavy atom. The van der Waals surface area contributed by atoms with Gasteiger partial charge in [0.15, 0.2) is 0 Å². The molecule has 5 fully saturated rings. The molecule has 1 spiro atoms. The second-order valence-electron chi connectivity index (χ2n) is 19.7. The van der Waals surface area contributed by atoms with Gasteiger partial charge in [0.2, 0.25) is 23.3 Å². The number of piperidine rings is 4. The van der Waals surface area contributed by atoms with Crippen LogP contribution in [0.4, 0.5) is 0 Å². The molecule has 13 N–H and O–H groups in total. The molecule has 1 aromatic heterocycles. The fraction of sp³-hybridized carbons (Fsp3) is 0.450. The molecule has 3 amide bonds. The van der Waals surface area contributed by atoms with Gasteiger partial charge in [-0.25, -0.2) is 4.79 Å². The van der Waals surface area contributed by atoms with Crippen molar-refractivity contribution in [1.29, 1.82) is 5.26 Å². The fourth-order valence-electron chi connectivity index (χ4n) is 8.85. The molecule has 5 aliphatic rings. The molecule has 28 heteroatoms. The van der Waals surface area contributed by atoms with Crippen LogP contribution in [0, 0.1) is 34.5 Å². The molecule has 5 saturated heterocycles. The van der Waals surface area contributed by atoms with E-state index >= 15 is 0 Å². The second kappa shape index (κ2) is 43.7. The van der Waals surface area contributed by atoms with Gasteiger partial charge >= 0.3 is 23.9 Å². The Labute approximate surface area is 536 Å². The third kappa shape index (κ3) is 29.2. The number of H-pyrrole nitrogens is 1. The Morgan fingerprint density at radius 3 is 1.52 bits per heavy atom. The van der Waals surface area contributed by atoms with Gasteiger partial charge in [0.1, 0.15) is 17.2 Å². The number of hydrogen-bond acceptors (Lipinski definition) is 17. The standard InChI is InChI=1S/C15H18N2O2S.C11H13NO.C8H11NO.C7H11NO3.C7H11NO2S.C6H9NO3.C6H5NO3.2H2O.Pd/c1-19-12-4-2-11(3-5-12)9-17-10-15(14(17)18)6-7-16-13(20)8-15;1-13-11-7-5-10(6-8-11)4-2-3-9-12;1-10-8-4-2-7(6-9)3-5-8;1-11-7(10)5-2-3-8-6(9)4-5;1-10-7(9)5-2-3-8-6(11)4-5;2*8-5-3-4(6(9)10)1-2-7-5;;;/h2-5H,6-10H2,1H3,(H,16,20);5-8H,2-4H2,1H3;2-5H,6,9H2,1H3;5H,2-4H2,1H3,(H,8,9);5H,2-4H2,1H3,(H,8,11);4H,1-3H2,(H,7,8)(H,9,10);1-3H,(H,7,8)(H,9,10);2*1H2;. The number of carbonyl (C=O) groups excluding carboxylic acids is 5. The molecule has 0 saturated carbocycles. The number of β-lactam (4-membered cyclic amide) rings is 1. The maximum atomic E-state index is 12.4. The van der Waals surface area contributed by atoms with Gasteiger partial charge in [-0.3, -0.25) is 33.6 Å². The number of aromatic carboxylic acids is 1. The number of pyridine rings is 1. The summed E-state index contributed by atoms with van der Waals surface area (Å²) < 4.78 is 24.3. The summed E-state index contributed by atoms with van der Waals surface area (Å²) in [6, 6.07) is 28.0. The Bertz CT molecular complexity index is 2870. The number of nitrogens with zero attached hydrogens (tertiary/aromatic N) is 2. The number of thiocarbonyl (C=S) groups is 2. The van der Waals surface area contributed by atoms with Crippen LogP contribution in [0.25, 0.3) is 0 Å². The Hall–Kier alpha value is -7.89. The molecule has 4 atom stereocenters. The van der Waals surface area contributed by atoms with E-state index < -0.39 is 23.4 Å². The van der Waals surface area contributed by atoms with Crippen molar-refractivity contribution in [3.63, 3.8) is 0 Å². The van der Waals surface area contributed by atoms with E-state index in [9.17, 15) is 38.4 Å². The molecular weight excluding hydrogens is 1280 g/mol. The van der Waals surface area contributed by atoms with Crippen molar-refractivity contribution < 1.29 is 98.8 Å². The van der Waals surface area contributed by atoms with Crippen molar-refractivity contribution in [2.45, 2.75) is 83.7 Å². The zero-order valence-corrected chi connectivity index (χ0v) is 53.1. The van der Waals surface area contributed by atoms with Gasteiger partial charge in [0, 0.05) is 111 Å². The van der Waals surface area contributed by atoms with Gasteiger partial charge < -0.3 is 81.7 Å². The van der Waals surface area contributed by atoms with E-state index in [0.717, 1.165) is 89.7 Å². The fourth-order valence-corrected chi connectivity index (χ4v) is 9.53. The number of carbonyl (C=O) groups is 7. The predicted molar refractivity (Wildman–Crippen MR) is 331 cm³/mol. The van der Waals surface area contributed by atoms with Crippen molar-refractivity contribution in [2.24, 2.45) is 28.9 Å². The predicted octanol–water partition coefficient (Wildman–Crippen LogP) is 3.62. The van der Waals surface area contributed by atoms with E-state index in [1.807, 2.05) is 77.7 Å². The number of methoxy groups -OCH3 is 5. The number of nitriles is 1. The van der Waals surface area contributed by atoms with Crippen LogP contribution in [0.1, 0.15) is 91.3 Å². The number of carboxylic acid groups (broad SMARTS) is 2. The van der Waals surface area contributed by atoms with E-state index in [1.165, 1.54) is 32.0 Å². The van der Waals surface area contributed by atoms with E-state index in [0.29, 0.717) is 58.3 Å². The van der Waals surface area contributed by atoms with Gasteiger partial charge in [0.25, 0.3) is 0 Å². The number of aromatic nitrogens is 1. The number of unbranched alkanes of at least 4 members (excludes halogenated alkanes) is 1. The number of rotatable bonds is 13. The monoisotopic (exact) mass is 1360 g/mol.